The van der Waals surface area contributed by atoms with Crippen LogP contribution in [0.5, 0.6) is 0 Å². The summed E-state index contributed by atoms with van der Waals surface area (Å²) in [7, 11) is 1.97. The molecule has 5 heteroatoms. The molecule has 4 nitrogen and oxygen atoms in total. The molecular formula is C12H20N4S. The lowest BCUT2D eigenvalue weighted by atomic mass is 10.1. The van der Waals surface area contributed by atoms with Crippen LogP contribution in [0.25, 0.3) is 0 Å². The van der Waals surface area contributed by atoms with E-state index in [1.54, 1.807) is 0 Å². The van der Waals surface area contributed by atoms with Crippen molar-refractivity contribution in [3.8, 4) is 0 Å². The number of aryl methyl sites for hydroxylation is 1. The first kappa shape index (κ1) is 12.5. The van der Waals surface area contributed by atoms with Crippen molar-refractivity contribution in [1.29, 1.82) is 0 Å². The maximum Gasteiger partial charge on any atom is 0.156 e. The molecule has 1 saturated heterocycles. The maximum atomic E-state index is 4.60. The molecule has 1 aromatic heterocycles. The number of thioether (sulfide) groups is 1. The van der Waals surface area contributed by atoms with Crippen molar-refractivity contribution in [2.45, 2.75) is 26.3 Å². The van der Waals surface area contributed by atoms with Crippen molar-refractivity contribution in [3.63, 3.8) is 0 Å². The highest BCUT2D eigenvalue weighted by Gasteiger charge is 2.22. The van der Waals surface area contributed by atoms with Gasteiger partial charge in [0.25, 0.3) is 0 Å². The van der Waals surface area contributed by atoms with Crippen LogP contribution >= 0.6 is 11.8 Å². The van der Waals surface area contributed by atoms with Gasteiger partial charge < -0.3 is 5.32 Å². The Balaban J connectivity index is 1.80. The minimum Gasteiger partial charge on any atom is -0.361 e. The molecule has 1 aliphatic heterocycles. The van der Waals surface area contributed by atoms with Crippen LogP contribution in [0.2, 0.25) is 0 Å². The number of aliphatic imine (C=N–C) groups is 1. The minimum atomic E-state index is 0.579. The number of amidine groups is 1. The number of nitrogens with one attached hydrogen (secondary N) is 1. The number of hydrogen-bond donors (Lipinski definition) is 1. The summed E-state index contributed by atoms with van der Waals surface area (Å²) in [6.07, 6.45) is 2.79. The van der Waals surface area contributed by atoms with Crippen LogP contribution in [0.15, 0.2) is 17.3 Å². The summed E-state index contributed by atoms with van der Waals surface area (Å²) in [4.78, 5) is 4.60. The van der Waals surface area contributed by atoms with Crippen molar-refractivity contribution in [2.24, 2.45) is 18.0 Å². The van der Waals surface area contributed by atoms with E-state index < -0.39 is 0 Å². The number of aromatic nitrogens is 2. The molecule has 1 aromatic rings. The lowest BCUT2D eigenvalue weighted by Crippen LogP contribution is -2.31. The van der Waals surface area contributed by atoms with Gasteiger partial charge >= 0.3 is 0 Å². The van der Waals surface area contributed by atoms with Gasteiger partial charge in [0.05, 0.1) is 0 Å². The highest BCUT2D eigenvalue weighted by atomic mass is 32.2. The van der Waals surface area contributed by atoms with Crippen LogP contribution in [0.3, 0.4) is 0 Å². The predicted octanol–water partition coefficient (Wildman–Crippen LogP) is 1.68. The molecule has 1 atom stereocenters. The summed E-state index contributed by atoms with van der Waals surface area (Å²) in [6, 6.07) is 2.63. The standard InChI is InChI=1S/C12H20N4S/c1-9(2)11-8-17-12(15-11)13-6-4-10-5-7-14-16(10)3/h5,7,9,11H,4,6,8H2,1-3H3,(H,13,15). The number of rotatable bonds is 4. The minimum absolute atomic E-state index is 0.579. The molecule has 1 N–H and O–H groups in total. The Morgan fingerprint density at radius 3 is 3.06 bits per heavy atom. The zero-order valence-corrected chi connectivity index (χ0v) is 11.5. The molecule has 2 rings (SSSR count). The second-order valence-corrected chi connectivity index (χ2v) is 5.70. The molecule has 0 radical (unpaired) electrons. The Morgan fingerprint density at radius 2 is 2.47 bits per heavy atom. The van der Waals surface area contributed by atoms with Crippen molar-refractivity contribution in [2.75, 3.05) is 12.3 Å². The number of hydrogen-bond acceptors (Lipinski definition) is 3. The van der Waals surface area contributed by atoms with E-state index in [1.165, 1.54) is 5.69 Å². The van der Waals surface area contributed by atoms with E-state index in [-0.39, 0.29) is 0 Å². The van der Waals surface area contributed by atoms with E-state index >= 15 is 0 Å². The van der Waals surface area contributed by atoms with Crippen molar-refractivity contribution >= 4 is 16.9 Å². The molecule has 1 unspecified atom stereocenters. The number of nitrogens with zero attached hydrogens (tertiary/aromatic N) is 3. The van der Waals surface area contributed by atoms with E-state index in [4.69, 9.17) is 0 Å². The molecule has 17 heavy (non-hydrogen) atoms. The quantitative estimate of drug-likeness (QED) is 0.886. The third-order valence-electron chi connectivity index (χ3n) is 3.06. The first-order valence-corrected chi connectivity index (χ1v) is 7.06. The van der Waals surface area contributed by atoms with Crippen LogP contribution < -0.4 is 5.32 Å². The molecule has 1 aliphatic rings. The van der Waals surface area contributed by atoms with Crippen LogP contribution in [-0.4, -0.2) is 33.3 Å². The summed E-state index contributed by atoms with van der Waals surface area (Å²) in [5.41, 5.74) is 1.23. The monoisotopic (exact) mass is 252 g/mol. The van der Waals surface area contributed by atoms with E-state index in [9.17, 15) is 0 Å². The van der Waals surface area contributed by atoms with Gasteiger partial charge in [-0.1, -0.05) is 25.6 Å². The molecule has 0 spiro atoms. The highest BCUT2D eigenvalue weighted by molar-refractivity contribution is 8.14. The zero-order chi connectivity index (χ0) is 12.3. The van der Waals surface area contributed by atoms with Gasteiger partial charge in [-0.05, 0) is 12.0 Å². The van der Waals surface area contributed by atoms with Gasteiger partial charge in [0.1, 0.15) is 0 Å². The van der Waals surface area contributed by atoms with E-state index in [2.05, 4.69) is 29.3 Å². The first-order valence-electron chi connectivity index (χ1n) is 6.07. The molecule has 0 bridgehead atoms. The fourth-order valence-electron chi connectivity index (χ4n) is 1.78. The second kappa shape index (κ2) is 5.58. The first-order chi connectivity index (χ1) is 8.16. The van der Waals surface area contributed by atoms with Gasteiger partial charge in [-0.3, -0.25) is 9.67 Å². The topological polar surface area (TPSA) is 42.2 Å². The molecule has 94 valence electrons. The van der Waals surface area contributed by atoms with E-state index in [0.29, 0.717) is 12.0 Å². The van der Waals surface area contributed by atoms with E-state index in [1.807, 2.05) is 35.8 Å². The summed E-state index contributed by atoms with van der Waals surface area (Å²) < 4.78 is 1.91. The third kappa shape index (κ3) is 3.25. The fourth-order valence-corrected chi connectivity index (χ4v) is 3.00. The van der Waals surface area contributed by atoms with Gasteiger partial charge in [-0.25, -0.2) is 0 Å². The fraction of sp³-hybridized carbons (Fsp3) is 0.667. The summed E-state index contributed by atoms with van der Waals surface area (Å²) in [5, 5.41) is 8.73. The highest BCUT2D eigenvalue weighted by Crippen LogP contribution is 2.18. The van der Waals surface area contributed by atoms with Crippen LogP contribution in [0, 0.1) is 5.92 Å². The Hall–Kier alpha value is -0.970. The molecular weight excluding hydrogens is 232 g/mol. The normalized spacial score (nSPS) is 22.4. The van der Waals surface area contributed by atoms with Crippen molar-refractivity contribution in [3.05, 3.63) is 18.0 Å². The molecule has 0 saturated carbocycles. The lowest BCUT2D eigenvalue weighted by Gasteiger charge is -2.13. The third-order valence-corrected chi connectivity index (χ3v) is 4.11. The smallest absolute Gasteiger partial charge is 0.156 e. The molecule has 0 amide bonds. The van der Waals surface area contributed by atoms with Gasteiger partial charge in [0.15, 0.2) is 5.17 Å². The average molecular weight is 252 g/mol. The summed E-state index contributed by atoms with van der Waals surface area (Å²) >= 11 is 1.84. The molecule has 0 aliphatic carbocycles. The van der Waals surface area contributed by atoms with Gasteiger partial charge in [-0.2, -0.15) is 5.10 Å². The van der Waals surface area contributed by atoms with E-state index in [0.717, 1.165) is 23.9 Å². The van der Waals surface area contributed by atoms with Crippen molar-refractivity contribution in [1.82, 2.24) is 15.1 Å². The SMILES string of the molecule is CC(C)C1CSC(=NCCc2ccnn2C)N1. The Kier molecular flexibility index (Phi) is 4.10. The maximum absolute atomic E-state index is 4.60. The predicted molar refractivity (Wildman–Crippen MR) is 73.4 cm³/mol. The average Bonchev–Trinajstić information content (AvgIpc) is 2.89. The molecule has 1 fully saturated rings. The Morgan fingerprint density at radius 1 is 1.65 bits per heavy atom. The molecule has 2 heterocycles. The summed E-state index contributed by atoms with van der Waals surface area (Å²) in [6.45, 7) is 5.33. The largest absolute Gasteiger partial charge is 0.361 e. The van der Waals surface area contributed by atoms with Gasteiger partial charge in [-0.15, -0.1) is 0 Å². The van der Waals surface area contributed by atoms with Crippen LogP contribution in [-0.2, 0) is 13.5 Å². The van der Waals surface area contributed by atoms with Crippen LogP contribution in [0.4, 0.5) is 0 Å². The second-order valence-electron chi connectivity index (χ2n) is 4.69. The van der Waals surface area contributed by atoms with Crippen molar-refractivity contribution < 1.29 is 0 Å². The Bertz CT molecular complexity index is 397. The Labute approximate surface area is 107 Å². The zero-order valence-electron chi connectivity index (χ0n) is 10.7. The van der Waals surface area contributed by atoms with Crippen LogP contribution in [0.1, 0.15) is 19.5 Å². The molecule has 0 aromatic carbocycles. The lowest BCUT2D eigenvalue weighted by molar-refractivity contribution is 0.503. The summed E-state index contributed by atoms with van der Waals surface area (Å²) in [5.74, 6) is 1.81. The van der Waals surface area contributed by atoms with Gasteiger partial charge in [0, 0.05) is 43.7 Å². The van der Waals surface area contributed by atoms with Gasteiger partial charge in [0.2, 0.25) is 0 Å².